The van der Waals surface area contributed by atoms with Gasteiger partial charge >= 0.3 is 5.97 Å². The van der Waals surface area contributed by atoms with E-state index in [1.165, 1.54) is 7.11 Å². The lowest BCUT2D eigenvalue weighted by molar-refractivity contribution is -0.155. The number of carbonyl (C=O) groups excluding carboxylic acids is 1. The average Bonchev–Trinajstić information content (AvgIpc) is 2.59. The van der Waals surface area contributed by atoms with Crippen molar-refractivity contribution < 1.29 is 23.1 Å². The van der Waals surface area contributed by atoms with E-state index in [2.05, 4.69) is 9.46 Å². The van der Waals surface area contributed by atoms with Crippen molar-refractivity contribution in [3.63, 3.8) is 0 Å². The van der Waals surface area contributed by atoms with Crippen molar-refractivity contribution in [2.24, 2.45) is 5.41 Å². The zero-order chi connectivity index (χ0) is 12.4. The smallest absolute Gasteiger partial charge is 0.314 e. The molecular formula is C9H17NO5S. The topological polar surface area (TPSA) is 92.7 Å². The summed E-state index contributed by atoms with van der Waals surface area (Å²) in [6.45, 7) is -0.318. The van der Waals surface area contributed by atoms with Crippen molar-refractivity contribution in [2.75, 3.05) is 20.0 Å². The minimum Gasteiger partial charge on any atom is -0.469 e. The molecule has 1 aliphatic carbocycles. The normalized spacial score (nSPS) is 30.3. The SMILES string of the molecule is COC(=O)[C@@]1(CO)CC[C@H](NS(C)(=O)=O)C1. The quantitative estimate of drug-likeness (QED) is 0.641. The number of hydrogen-bond acceptors (Lipinski definition) is 5. The van der Waals surface area contributed by atoms with Gasteiger partial charge < -0.3 is 9.84 Å². The van der Waals surface area contributed by atoms with E-state index in [1.54, 1.807) is 0 Å². The lowest BCUT2D eigenvalue weighted by Crippen LogP contribution is -2.37. The number of rotatable bonds is 4. The average molecular weight is 251 g/mol. The highest BCUT2D eigenvalue weighted by Crippen LogP contribution is 2.39. The van der Waals surface area contributed by atoms with Crippen LogP contribution in [-0.4, -0.2) is 45.5 Å². The molecule has 2 atom stereocenters. The van der Waals surface area contributed by atoms with Crippen LogP contribution in [0.25, 0.3) is 0 Å². The molecule has 1 saturated carbocycles. The lowest BCUT2D eigenvalue weighted by atomic mass is 9.87. The van der Waals surface area contributed by atoms with Crippen molar-refractivity contribution in [2.45, 2.75) is 25.3 Å². The van der Waals surface area contributed by atoms with Gasteiger partial charge in [0.1, 0.15) is 0 Å². The molecule has 16 heavy (non-hydrogen) atoms. The second-order valence-corrected chi connectivity index (χ2v) is 6.04. The minimum atomic E-state index is -3.28. The Hall–Kier alpha value is -0.660. The zero-order valence-corrected chi connectivity index (χ0v) is 10.2. The van der Waals surface area contributed by atoms with Crippen molar-refractivity contribution in [1.29, 1.82) is 0 Å². The van der Waals surface area contributed by atoms with Crippen LogP contribution >= 0.6 is 0 Å². The first-order valence-electron chi connectivity index (χ1n) is 4.99. The molecule has 0 spiro atoms. The van der Waals surface area contributed by atoms with Crippen LogP contribution < -0.4 is 4.72 Å². The Labute approximate surface area is 95.0 Å². The summed E-state index contributed by atoms with van der Waals surface area (Å²) in [4.78, 5) is 11.5. The van der Waals surface area contributed by atoms with E-state index in [-0.39, 0.29) is 19.1 Å². The van der Waals surface area contributed by atoms with E-state index in [0.29, 0.717) is 12.8 Å². The predicted octanol–water partition coefficient (Wildman–Crippen LogP) is -0.760. The number of nitrogens with one attached hydrogen (secondary N) is 1. The van der Waals surface area contributed by atoms with Gasteiger partial charge in [0, 0.05) is 6.04 Å². The standard InChI is InChI=1S/C9H17NO5S/c1-15-8(12)9(6-11)4-3-7(5-9)10-16(2,13)14/h7,10-11H,3-6H2,1-2H3/t7-,9-/m0/s1. The number of methoxy groups -OCH3 is 1. The molecule has 0 unspecified atom stereocenters. The van der Waals surface area contributed by atoms with Gasteiger partial charge in [-0.2, -0.15) is 0 Å². The van der Waals surface area contributed by atoms with Gasteiger partial charge in [-0.1, -0.05) is 0 Å². The molecule has 0 aromatic heterocycles. The summed E-state index contributed by atoms with van der Waals surface area (Å²) in [6.07, 6.45) is 2.32. The molecule has 0 heterocycles. The van der Waals surface area contributed by atoms with Gasteiger partial charge in [0.15, 0.2) is 0 Å². The van der Waals surface area contributed by atoms with Crippen LogP contribution in [0, 0.1) is 5.41 Å². The highest BCUT2D eigenvalue weighted by Gasteiger charge is 2.46. The summed E-state index contributed by atoms with van der Waals surface area (Å²) in [6, 6.07) is -0.304. The van der Waals surface area contributed by atoms with Gasteiger partial charge in [0.05, 0.1) is 25.4 Å². The van der Waals surface area contributed by atoms with E-state index in [0.717, 1.165) is 6.26 Å². The van der Waals surface area contributed by atoms with Crippen molar-refractivity contribution in [1.82, 2.24) is 4.72 Å². The second-order valence-electron chi connectivity index (χ2n) is 4.26. The highest BCUT2D eigenvalue weighted by atomic mass is 32.2. The Morgan fingerprint density at radius 3 is 2.69 bits per heavy atom. The van der Waals surface area contributed by atoms with Crippen molar-refractivity contribution in [3.05, 3.63) is 0 Å². The Kier molecular flexibility index (Phi) is 3.92. The summed E-state index contributed by atoms with van der Waals surface area (Å²) in [7, 11) is -2.02. The van der Waals surface area contributed by atoms with Gasteiger partial charge in [-0.15, -0.1) is 0 Å². The highest BCUT2D eigenvalue weighted by molar-refractivity contribution is 7.88. The number of sulfonamides is 1. The van der Waals surface area contributed by atoms with Crippen LogP contribution in [0.4, 0.5) is 0 Å². The summed E-state index contributed by atoms with van der Waals surface area (Å²) in [5.74, 6) is -0.479. The Bertz CT molecular complexity index is 366. The van der Waals surface area contributed by atoms with Crippen molar-refractivity contribution >= 4 is 16.0 Å². The molecular weight excluding hydrogens is 234 g/mol. The first-order chi connectivity index (χ1) is 7.33. The number of esters is 1. The molecule has 6 nitrogen and oxygen atoms in total. The second kappa shape index (κ2) is 4.68. The molecule has 1 aliphatic rings. The van der Waals surface area contributed by atoms with Crippen LogP contribution in [-0.2, 0) is 19.6 Å². The van der Waals surface area contributed by atoms with E-state index >= 15 is 0 Å². The summed E-state index contributed by atoms with van der Waals surface area (Å²) >= 11 is 0. The number of aliphatic hydroxyl groups excluding tert-OH is 1. The minimum absolute atomic E-state index is 0.281. The number of ether oxygens (including phenoxy) is 1. The molecule has 94 valence electrons. The third kappa shape index (κ3) is 2.93. The largest absolute Gasteiger partial charge is 0.469 e. The number of carbonyl (C=O) groups is 1. The molecule has 1 fully saturated rings. The molecule has 0 amide bonds. The first kappa shape index (κ1) is 13.4. The molecule has 7 heteroatoms. The summed E-state index contributed by atoms with van der Waals surface area (Å²) in [5, 5.41) is 9.26. The van der Waals surface area contributed by atoms with Crippen LogP contribution in [0.3, 0.4) is 0 Å². The molecule has 1 rings (SSSR count). The third-order valence-corrected chi connectivity index (χ3v) is 3.67. The fourth-order valence-electron chi connectivity index (χ4n) is 2.14. The van der Waals surface area contributed by atoms with Gasteiger partial charge in [-0.25, -0.2) is 13.1 Å². The Morgan fingerprint density at radius 1 is 1.62 bits per heavy atom. The fourth-order valence-corrected chi connectivity index (χ4v) is 2.95. The molecule has 0 aromatic rings. The molecule has 2 N–H and O–H groups in total. The molecule has 0 radical (unpaired) electrons. The van der Waals surface area contributed by atoms with Crippen LogP contribution in [0.15, 0.2) is 0 Å². The fraction of sp³-hybridized carbons (Fsp3) is 0.889. The Morgan fingerprint density at radius 2 is 2.25 bits per heavy atom. The predicted molar refractivity (Wildman–Crippen MR) is 57.2 cm³/mol. The maximum absolute atomic E-state index is 11.5. The lowest BCUT2D eigenvalue weighted by Gasteiger charge is -2.23. The maximum Gasteiger partial charge on any atom is 0.314 e. The Balaban J connectivity index is 2.72. The molecule has 0 aliphatic heterocycles. The van der Waals surface area contributed by atoms with E-state index in [9.17, 15) is 18.3 Å². The zero-order valence-electron chi connectivity index (χ0n) is 9.39. The number of aliphatic hydroxyl groups is 1. The summed E-state index contributed by atoms with van der Waals surface area (Å²) in [5.41, 5.74) is -0.947. The van der Waals surface area contributed by atoms with E-state index in [4.69, 9.17) is 0 Å². The number of hydrogen-bond donors (Lipinski definition) is 2. The van der Waals surface area contributed by atoms with Crippen molar-refractivity contribution in [3.8, 4) is 0 Å². The van der Waals surface area contributed by atoms with Crippen LogP contribution in [0.2, 0.25) is 0 Å². The van der Waals surface area contributed by atoms with Gasteiger partial charge in [0.2, 0.25) is 10.0 Å². The molecule has 0 aromatic carbocycles. The maximum atomic E-state index is 11.5. The molecule has 0 bridgehead atoms. The van der Waals surface area contributed by atoms with Crippen LogP contribution in [0.5, 0.6) is 0 Å². The van der Waals surface area contributed by atoms with Gasteiger partial charge in [-0.05, 0) is 19.3 Å². The monoisotopic (exact) mass is 251 g/mol. The van der Waals surface area contributed by atoms with E-state index < -0.39 is 21.4 Å². The van der Waals surface area contributed by atoms with Crippen LogP contribution in [0.1, 0.15) is 19.3 Å². The first-order valence-corrected chi connectivity index (χ1v) is 6.89. The third-order valence-electron chi connectivity index (χ3n) is 2.91. The van der Waals surface area contributed by atoms with Gasteiger partial charge in [0.25, 0.3) is 0 Å². The van der Waals surface area contributed by atoms with E-state index in [1.807, 2.05) is 0 Å². The summed E-state index contributed by atoms with van der Waals surface area (Å²) < 4.78 is 29.1. The molecule has 0 saturated heterocycles. The van der Waals surface area contributed by atoms with Gasteiger partial charge in [-0.3, -0.25) is 4.79 Å².